The highest BCUT2D eigenvalue weighted by molar-refractivity contribution is 5.94. The molecule has 0 saturated carbocycles. The number of hydrazine groups is 1. The average Bonchev–Trinajstić information content (AvgIpc) is 2.69. The average molecular weight is 256 g/mol. The van der Waals surface area contributed by atoms with Crippen LogP contribution in [0.3, 0.4) is 0 Å². The standard InChI is InChI=1S/C9H12N4O5/c1-3-18-9(15)11-10-8(14)7-4-6(13(16)17)5-12(7)2/h4-5H,3H2,1-2H3,(H,10,14)(H,11,15). The van der Waals surface area contributed by atoms with Crippen molar-refractivity contribution >= 4 is 17.7 Å². The van der Waals surface area contributed by atoms with Gasteiger partial charge in [0.1, 0.15) is 5.69 Å². The largest absolute Gasteiger partial charge is 0.449 e. The number of carbonyl (C=O) groups is 2. The molecule has 9 heteroatoms. The molecule has 0 saturated heterocycles. The maximum Gasteiger partial charge on any atom is 0.426 e. The van der Waals surface area contributed by atoms with E-state index in [1.165, 1.54) is 17.8 Å². The van der Waals surface area contributed by atoms with Crippen LogP contribution in [-0.2, 0) is 11.8 Å². The van der Waals surface area contributed by atoms with E-state index in [1.54, 1.807) is 6.92 Å². The number of nitrogens with one attached hydrogen (secondary N) is 2. The zero-order valence-electron chi connectivity index (χ0n) is 9.80. The van der Waals surface area contributed by atoms with E-state index in [2.05, 4.69) is 10.2 Å². The maximum atomic E-state index is 11.6. The fraction of sp³-hybridized carbons (Fsp3) is 0.333. The van der Waals surface area contributed by atoms with Gasteiger partial charge in [0.25, 0.3) is 11.6 Å². The Morgan fingerprint density at radius 2 is 2.17 bits per heavy atom. The summed E-state index contributed by atoms with van der Waals surface area (Å²) in [7, 11) is 1.48. The quantitative estimate of drug-likeness (QED) is 0.597. The third-order valence-electron chi connectivity index (χ3n) is 1.99. The summed E-state index contributed by atoms with van der Waals surface area (Å²) in [6, 6.07) is 1.10. The molecule has 0 aliphatic heterocycles. The summed E-state index contributed by atoms with van der Waals surface area (Å²) >= 11 is 0. The Morgan fingerprint density at radius 1 is 1.50 bits per heavy atom. The molecule has 0 spiro atoms. The van der Waals surface area contributed by atoms with Gasteiger partial charge in [-0.05, 0) is 6.92 Å². The molecule has 0 unspecified atom stereocenters. The third-order valence-corrected chi connectivity index (χ3v) is 1.99. The van der Waals surface area contributed by atoms with Crippen LogP contribution < -0.4 is 10.9 Å². The highest BCUT2D eigenvalue weighted by atomic mass is 16.6. The molecular weight excluding hydrogens is 244 g/mol. The molecule has 1 aromatic heterocycles. The van der Waals surface area contributed by atoms with E-state index in [0.717, 1.165) is 6.07 Å². The molecule has 0 aromatic carbocycles. The van der Waals surface area contributed by atoms with Gasteiger partial charge in [0.05, 0.1) is 17.7 Å². The van der Waals surface area contributed by atoms with Crippen molar-refractivity contribution in [3.05, 3.63) is 28.1 Å². The Hall–Kier alpha value is -2.58. The third kappa shape index (κ3) is 3.20. The first kappa shape index (κ1) is 13.5. The fourth-order valence-electron chi connectivity index (χ4n) is 1.21. The Balaban J connectivity index is 2.67. The molecule has 0 aliphatic rings. The van der Waals surface area contributed by atoms with E-state index in [-0.39, 0.29) is 18.0 Å². The predicted molar refractivity (Wildman–Crippen MR) is 59.7 cm³/mol. The van der Waals surface area contributed by atoms with Crippen molar-refractivity contribution in [3.8, 4) is 0 Å². The second-order valence-electron chi connectivity index (χ2n) is 3.25. The number of rotatable bonds is 3. The Morgan fingerprint density at radius 3 is 2.67 bits per heavy atom. The van der Waals surface area contributed by atoms with Crippen molar-refractivity contribution in [1.82, 2.24) is 15.4 Å². The van der Waals surface area contributed by atoms with Gasteiger partial charge in [-0.2, -0.15) is 0 Å². The number of hydrogen-bond acceptors (Lipinski definition) is 5. The van der Waals surface area contributed by atoms with Crippen LogP contribution in [0.15, 0.2) is 12.3 Å². The van der Waals surface area contributed by atoms with Gasteiger partial charge in [-0.15, -0.1) is 0 Å². The van der Waals surface area contributed by atoms with Crippen LogP contribution >= 0.6 is 0 Å². The molecule has 0 aliphatic carbocycles. The summed E-state index contributed by atoms with van der Waals surface area (Å²) in [5, 5.41) is 10.5. The Bertz CT molecular complexity index is 481. The maximum absolute atomic E-state index is 11.6. The molecular formula is C9H12N4O5. The summed E-state index contributed by atoms with van der Waals surface area (Å²) in [4.78, 5) is 32.4. The minimum atomic E-state index is -0.811. The Labute approximate surface area is 102 Å². The van der Waals surface area contributed by atoms with Crippen molar-refractivity contribution in [3.63, 3.8) is 0 Å². The summed E-state index contributed by atoms with van der Waals surface area (Å²) in [6.07, 6.45) is 0.383. The first-order chi connectivity index (χ1) is 8.45. The first-order valence-electron chi connectivity index (χ1n) is 4.99. The molecule has 98 valence electrons. The van der Waals surface area contributed by atoms with Gasteiger partial charge in [0, 0.05) is 13.1 Å². The predicted octanol–water partition coefficient (Wildman–Crippen LogP) is 0.324. The summed E-state index contributed by atoms with van der Waals surface area (Å²) in [5.41, 5.74) is 3.90. The molecule has 0 atom stereocenters. The number of amides is 2. The van der Waals surface area contributed by atoms with Crippen molar-refractivity contribution in [2.75, 3.05) is 6.61 Å². The first-order valence-corrected chi connectivity index (χ1v) is 4.99. The van der Waals surface area contributed by atoms with Crippen molar-refractivity contribution in [2.24, 2.45) is 7.05 Å². The van der Waals surface area contributed by atoms with Gasteiger partial charge in [-0.1, -0.05) is 0 Å². The van der Waals surface area contributed by atoms with E-state index in [1.807, 2.05) is 5.43 Å². The second-order valence-corrected chi connectivity index (χ2v) is 3.25. The lowest BCUT2D eigenvalue weighted by Gasteiger charge is -2.06. The van der Waals surface area contributed by atoms with Gasteiger partial charge in [0.15, 0.2) is 0 Å². The van der Waals surface area contributed by atoms with E-state index < -0.39 is 16.9 Å². The molecule has 9 nitrogen and oxygen atoms in total. The van der Waals surface area contributed by atoms with Crippen LogP contribution in [0.25, 0.3) is 0 Å². The number of hydrogen-bond donors (Lipinski definition) is 2. The van der Waals surface area contributed by atoms with Crippen LogP contribution in [0.5, 0.6) is 0 Å². The molecule has 1 aromatic rings. The minimum Gasteiger partial charge on any atom is -0.449 e. The lowest BCUT2D eigenvalue weighted by atomic mass is 10.4. The molecule has 2 amide bonds. The van der Waals surface area contributed by atoms with Crippen molar-refractivity contribution < 1.29 is 19.2 Å². The number of aromatic nitrogens is 1. The van der Waals surface area contributed by atoms with E-state index in [9.17, 15) is 19.7 Å². The van der Waals surface area contributed by atoms with E-state index in [0.29, 0.717) is 0 Å². The van der Waals surface area contributed by atoms with E-state index in [4.69, 9.17) is 0 Å². The highest BCUT2D eigenvalue weighted by Gasteiger charge is 2.17. The summed E-state index contributed by atoms with van der Waals surface area (Å²) < 4.78 is 5.80. The molecule has 0 radical (unpaired) electrons. The zero-order valence-corrected chi connectivity index (χ0v) is 9.80. The molecule has 0 bridgehead atoms. The Kier molecular flexibility index (Phi) is 4.24. The van der Waals surface area contributed by atoms with Gasteiger partial charge < -0.3 is 9.30 Å². The highest BCUT2D eigenvalue weighted by Crippen LogP contribution is 2.14. The fourth-order valence-corrected chi connectivity index (χ4v) is 1.21. The van der Waals surface area contributed by atoms with Crippen molar-refractivity contribution in [1.29, 1.82) is 0 Å². The van der Waals surface area contributed by atoms with Crippen LogP contribution in [0, 0.1) is 10.1 Å². The topological polar surface area (TPSA) is 116 Å². The molecule has 2 N–H and O–H groups in total. The molecule has 0 fully saturated rings. The van der Waals surface area contributed by atoms with Crippen molar-refractivity contribution in [2.45, 2.75) is 6.92 Å². The number of nitrogens with zero attached hydrogens (tertiary/aromatic N) is 2. The monoisotopic (exact) mass is 256 g/mol. The number of aryl methyl sites for hydroxylation is 1. The molecule has 18 heavy (non-hydrogen) atoms. The lowest BCUT2D eigenvalue weighted by molar-refractivity contribution is -0.384. The number of ether oxygens (including phenoxy) is 1. The number of nitro groups is 1. The van der Waals surface area contributed by atoms with Gasteiger partial charge >= 0.3 is 6.09 Å². The van der Waals surface area contributed by atoms with Gasteiger partial charge in [-0.3, -0.25) is 20.3 Å². The van der Waals surface area contributed by atoms with E-state index >= 15 is 0 Å². The normalized spacial score (nSPS) is 9.67. The SMILES string of the molecule is CCOC(=O)NNC(=O)c1cc([N+](=O)[O-])cn1C. The van der Waals surface area contributed by atoms with Gasteiger partial charge in [0.2, 0.25) is 0 Å². The minimum absolute atomic E-state index is 0.0403. The van der Waals surface area contributed by atoms with Crippen LogP contribution in [0.2, 0.25) is 0 Å². The van der Waals surface area contributed by atoms with Gasteiger partial charge in [-0.25, -0.2) is 10.2 Å². The van der Waals surface area contributed by atoms with Crippen LogP contribution in [0.4, 0.5) is 10.5 Å². The molecule has 1 heterocycles. The van der Waals surface area contributed by atoms with Crippen LogP contribution in [0.1, 0.15) is 17.4 Å². The smallest absolute Gasteiger partial charge is 0.426 e. The van der Waals surface area contributed by atoms with Crippen LogP contribution in [-0.4, -0.2) is 28.1 Å². The zero-order chi connectivity index (χ0) is 13.7. The summed E-state index contributed by atoms with van der Waals surface area (Å²) in [5.74, 6) is -0.682. The number of carbonyl (C=O) groups excluding carboxylic acids is 2. The lowest BCUT2D eigenvalue weighted by Crippen LogP contribution is -2.42. The summed E-state index contributed by atoms with van der Waals surface area (Å²) in [6.45, 7) is 1.78. The molecule has 1 rings (SSSR count). The second kappa shape index (κ2) is 5.66.